The number of fused-ring (bicyclic) bond motifs is 2. The Morgan fingerprint density at radius 3 is 1.56 bits per heavy atom. The lowest BCUT2D eigenvalue weighted by Gasteiger charge is -2.25. The van der Waals surface area contributed by atoms with Gasteiger partial charge in [0, 0.05) is 37.4 Å². The second kappa shape index (κ2) is 19.2. The summed E-state index contributed by atoms with van der Waals surface area (Å²) >= 11 is 1.78. The van der Waals surface area contributed by atoms with Gasteiger partial charge in [0.05, 0.1) is 23.6 Å². The maximum atomic E-state index is 10.6. The van der Waals surface area contributed by atoms with E-state index in [2.05, 4.69) is 55.9 Å². The second-order valence-electron chi connectivity index (χ2n) is 10.6. The van der Waals surface area contributed by atoms with Crippen molar-refractivity contribution in [3.8, 4) is 0 Å². The van der Waals surface area contributed by atoms with Crippen molar-refractivity contribution in [1.29, 1.82) is 0 Å². The third kappa shape index (κ3) is 15.8. The fourth-order valence-electron chi connectivity index (χ4n) is 4.47. The van der Waals surface area contributed by atoms with E-state index in [4.69, 9.17) is 44.6 Å². The van der Waals surface area contributed by atoms with Gasteiger partial charge in [0.1, 0.15) is 0 Å². The number of halogens is 12. The summed E-state index contributed by atoms with van der Waals surface area (Å²) in [6.07, 6.45) is -15.3. The van der Waals surface area contributed by atoms with E-state index in [0.717, 1.165) is 38.4 Å². The molecule has 0 radical (unpaired) electrons. The Kier molecular flexibility index (Phi) is 16.7. The van der Waals surface area contributed by atoms with E-state index < -0.39 is 48.6 Å². The van der Waals surface area contributed by atoms with E-state index in [1.807, 2.05) is 18.5 Å². The molecule has 1 atom stereocenters. The number of anilines is 1. The second-order valence-corrected chi connectivity index (χ2v) is 11.4. The first kappa shape index (κ1) is 46.8. The van der Waals surface area contributed by atoms with Gasteiger partial charge in [-0.3, -0.25) is 14.9 Å². The molecule has 0 amide bonds. The summed E-state index contributed by atoms with van der Waals surface area (Å²) in [5, 5.41) is 32.9. The van der Waals surface area contributed by atoms with Gasteiger partial charge in [-0.25, -0.2) is 19.2 Å². The number of pyridine rings is 2. The van der Waals surface area contributed by atoms with Crippen molar-refractivity contribution < 1.29 is 92.3 Å². The molecule has 3 aromatic heterocycles. The largest absolute Gasteiger partial charge is 0.490 e. The average molecular weight is 819 g/mol. The topological polar surface area (TPSA) is 181 Å². The van der Waals surface area contributed by atoms with Crippen LogP contribution in [0.2, 0.25) is 0 Å². The van der Waals surface area contributed by atoms with Crippen molar-refractivity contribution in [2.45, 2.75) is 49.6 Å². The Morgan fingerprint density at radius 1 is 0.667 bits per heavy atom. The number of hydrogen-bond donors (Lipinski definition) is 4. The highest BCUT2D eigenvalue weighted by atomic mass is 32.1. The van der Waals surface area contributed by atoms with E-state index in [9.17, 15) is 52.7 Å². The summed E-state index contributed by atoms with van der Waals surface area (Å²) in [5.74, 6) is -11.0. The Hall–Kier alpha value is -5.20. The van der Waals surface area contributed by atoms with Crippen LogP contribution in [0.5, 0.6) is 0 Å². The lowest BCUT2D eigenvalue weighted by molar-refractivity contribution is -0.193. The SMILES string of the molecule is O=C(O)C(F)(F)F.O=C(O)C(F)(F)F.O=C(O)C(F)(F)F.O=C(O)C(F)(F)F.c1ccc(CN2CC3(CCN(Cc4ccsc4)C3)c3ncccc32)nc1. The Balaban J connectivity index is 0.000000427. The van der Waals surface area contributed by atoms with E-state index in [1.54, 1.807) is 11.3 Å². The molecule has 4 N–H and O–H groups in total. The quantitative estimate of drug-likeness (QED) is 0.218. The number of carboxylic acids is 4. The van der Waals surface area contributed by atoms with Gasteiger partial charge >= 0.3 is 48.6 Å². The van der Waals surface area contributed by atoms with Crippen LogP contribution in [0.4, 0.5) is 58.4 Å². The van der Waals surface area contributed by atoms with Crippen LogP contribution in [0, 0.1) is 0 Å². The number of likely N-dealkylation sites (tertiary alicyclic amines) is 1. The lowest BCUT2D eigenvalue weighted by atomic mass is 9.85. The van der Waals surface area contributed by atoms with Crippen LogP contribution >= 0.6 is 11.3 Å². The van der Waals surface area contributed by atoms with Gasteiger partial charge in [-0.05, 0) is 59.6 Å². The number of nitrogens with zero attached hydrogens (tertiary/aromatic N) is 4. The highest BCUT2D eigenvalue weighted by molar-refractivity contribution is 7.07. The van der Waals surface area contributed by atoms with Crippen molar-refractivity contribution >= 4 is 40.9 Å². The monoisotopic (exact) mass is 818 g/mol. The van der Waals surface area contributed by atoms with Gasteiger partial charge in [0.2, 0.25) is 0 Å². The normalized spacial score (nSPS) is 16.6. The zero-order valence-electron chi connectivity index (χ0n) is 26.7. The number of rotatable bonds is 4. The first-order valence-corrected chi connectivity index (χ1v) is 15.1. The van der Waals surface area contributed by atoms with Crippen molar-refractivity contribution in [3.63, 3.8) is 0 Å². The van der Waals surface area contributed by atoms with Gasteiger partial charge < -0.3 is 25.3 Å². The molecule has 5 heterocycles. The number of alkyl halides is 12. The summed E-state index contributed by atoms with van der Waals surface area (Å²) in [6.45, 7) is 5.17. The number of aromatic nitrogens is 2. The van der Waals surface area contributed by atoms with Crippen LogP contribution in [0.3, 0.4) is 0 Å². The number of aliphatic carboxylic acids is 4. The van der Waals surface area contributed by atoms with Crippen LogP contribution in [-0.2, 0) is 37.7 Å². The fraction of sp³-hybridized carbons (Fsp3) is 0.379. The molecule has 300 valence electrons. The minimum Gasteiger partial charge on any atom is -0.475 e. The fourth-order valence-corrected chi connectivity index (χ4v) is 5.13. The average Bonchev–Trinajstić information content (AvgIpc) is 3.78. The van der Waals surface area contributed by atoms with Gasteiger partial charge in [0.25, 0.3) is 0 Å². The molecule has 1 saturated heterocycles. The third-order valence-corrected chi connectivity index (χ3v) is 7.32. The number of hydrogen-bond acceptors (Lipinski definition) is 9. The molecule has 12 nitrogen and oxygen atoms in total. The molecular formula is C29H26F12N4O8S. The van der Waals surface area contributed by atoms with Crippen LogP contribution < -0.4 is 4.90 Å². The molecule has 5 rings (SSSR count). The van der Waals surface area contributed by atoms with E-state index in [1.165, 1.54) is 23.4 Å². The Labute approximate surface area is 298 Å². The standard InChI is InChI=1S/C21H22N4S.4C2HF3O2/c1-2-8-22-18(4-1)13-25-16-21(20-19(25)5-3-9-23-20)7-10-24(15-21)12-17-6-11-26-14-17;4*3-2(4,5)1(6)7/h1-6,8-9,11,14H,7,10,12-13,15-16H2;4*(H,6,7). The number of carboxylic acid groups (broad SMARTS) is 4. The first-order chi connectivity index (χ1) is 24.6. The highest BCUT2D eigenvalue weighted by Gasteiger charge is 2.48. The highest BCUT2D eigenvalue weighted by Crippen LogP contribution is 2.45. The van der Waals surface area contributed by atoms with E-state index >= 15 is 0 Å². The minimum atomic E-state index is -5.08. The van der Waals surface area contributed by atoms with Crippen molar-refractivity contribution in [2.24, 2.45) is 0 Å². The molecule has 0 aromatic carbocycles. The summed E-state index contributed by atoms with van der Waals surface area (Å²) in [6, 6.07) is 12.7. The molecule has 0 bridgehead atoms. The van der Waals surface area contributed by atoms with Crippen LogP contribution in [-0.4, -0.2) is 104 Å². The lowest BCUT2D eigenvalue weighted by Crippen LogP contribution is -2.36. The molecule has 0 saturated carbocycles. The predicted octanol–water partition coefficient (Wildman–Crippen LogP) is 6.24. The van der Waals surface area contributed by atoms with Crippen LogP contribution in [0.25, 0.3) is 0 Å². The molecule has 2 aliphatic rings. The smallest absolute Gasteiger partial charge is 0.475 e. The molecule has 3 aromatic rings. The molecule has 54 heavy (non-hydrogen) atoms. The molecule has 25 heteroatoms. The summed E-state index contributed by atoms with van der Waals surface area (Å²) in [4.78, 5) is 50.0. The zero-order valence-corrected chi connectivity index (χ0v) is 27.5. The minimum absolute atomic E-state index is 0.154. The molecule has 1 unspecified atom stereocenters. The number of carbonyl (C=O) groups is 4. The van der Waals surface area contributed by atoms with E-state index in [-0.39, 0.29) is 5.41 Å². The van der Waals surface area contributed by atoms with Crippen LogP contribution in [0.1, 0.15) is 23.4 Å². The van der Waals surface area contributed by atoms with Crippen molar-refractivity contribution in [2.75, 3.05) is 24.5 Å². The van der Waals surface area contributed by atoms with Crippen LogP contribution in [0.15, 0.2) is 59.6 Å². The maximum Gasteiger partial charge on any atom is 0.490 e. The van der Waals surface area contributed by atoms with Gasteiger partial charge in [-0.15, -0.1) is 0 Å². The molecule has 1 fully saturated rings. The number of thiophene rings is 1. The molecule has 1 spiro atoms. The summed E-state index contributed by atoms with van der Waals surface area (Å²) in [5.41, 5.74) is 5.27. The van der Waals surface area contributed by atoms with Gasteiger partial charge in [-0.1, -0.05) is 6.07 Å². The Morgan fingerprint density at radius 2 is 1.15 bits per heavy atom. The summed E-state index contributed by atoms with van der Waals surface area (Å²) in [7, 11) is 0. The van der Waals surface area contributed by atoms with E-state index in [0.29, 0.717) is 0 Å². The molecule has 2 aliphatic heterocycles. The summed E-state index contributed by atoms with van der Waals surface area (Å²) < 4.78 is 127. The zero-order chi connectivity index (χ0) is 41.7. The molecule has 0 aliphatic carbocycles. The van der Waals surface area contributed by atoms with Crippen molar-refractivity contribution in [3.05, 3.63) is 76.5 Å². The van der Waals surface area contributed by atoms with Crippen molar-refractivity contribution in [1.82, 2.24) is 14.9 Å². The first-order valence-electron chi connectivity index (χ1n) is 14.1. The maximum absolute atomic E-state index is 10.6. The predicted molar refractivity (Wildman–Crippen MR) is 160 cm³/mol. The van der Waals surface area contributed by atoms with Gasteiger partial charge in [0.15, 0.2) is 0 Å². The Bertz CT molecular complexity index is 1580. The molecular weight excluding hydrogens is 792 g/mol. The van der Waals surface area contributed by atoms with Gasteiger partial charge in [-0.2, -0.15) is 64.0 Å². The third-order valence-electron chi connectivity index (χ3n) is 6.59.